The molecule has 4 aromatic heterocycles. The largest absolute Gasteiger partial charge is 0.365 e. The normalized spacial score (nSPS) is 15.4. The molecular weight excluding hydrogens is 872 g/mol. The number of nitrogens with zero attached hydrogens (tertiary/aromatic N) is 8. The van der Waals surface area contributed by atoms with Gasteiger partial charge in [0.1, 0.15) is 0 Å². The van der Waals surface area contributed by atoms with Gasteiger partial charge in [-0.2, -0.15) is 0 Å². The van der Waals surface area contributed by atoms with Crippen LogP contribution in [0.2, 0.25) is 5.02 Å². The number of hydrogen-bond donors (Lipinski definition) is 4. The van der Waals surface area contributed by atoms with Crippen LogP contribution in [0.1, 0.15) is 52.0 Å². The Labute approximate surface area is 381 Å². The number of anilines is 4. The predicted molar refractivity (Wildman–Crippen MR) is 256 cm³/mol. The van der Waals surface area contributed by atoms with E-state index in [1.807, 2.05) is 30.9 Å². The van der Waals surface area contributed by atoms with Gasteiger partial charge in [-0.3, -0.25) is 0 Å². The van der Waals surface area contributed by atoms with E-state index in [4.69, 9.17) is 11.6 Å². The molecule has 0 saturated carbocycles. The fourth-order valence-corrected chi connectivity index (χ4v) is 9.54. The van der Waals surface area contributed by atoms with Gasteiger partial charge < -0.3 is 39.5 Å². The van der Waals surface area contributed by atoms with Gasteiger partial charge in [0.05, 0.1) is 74.3 Å². The molecule has 0 aliphatic carbocycles. The molecule has 14 heteroatoms. The molecule has 4 aliphatic heterocycles. The molecule has 4 N–H and O–H groups in total. The molecule has 4 aliphatic rings. The summed E-state index contributed by atoms with van der Waals surface area (Å²) in [6, 6.07) is 30.4. The Balaban J connectivity index is 0.000000107. The first-order valence-corrected chi connectivity index (χ1v) is 22.7. The number of hydrogen-bond acceptors (Lipinski definition) is 8. The quantitative estimate of drug-likeness (QED) is 0.119. The third-order valence-electron chi connectivity index (χ3n) is 12.0. The van der Waals surface area contributed by atoms with Crippen molar-refractivity contribution in [2.45, 2.75) is 64.8 Å². The number of fused-ring (bicyclic) bond motifs is 4. The summed E-state index contributed by atoms with van der Waals surface area (Å²) in [5, 5.41) is 0.821. The number of halogens is 2. The second-order valence-corrected chi connectivity index (χ2v) is 17.7. The third-order valence-corrected chi connectivity index (χ3v) is 12.8. The summed E-state index contributed by atoms with van der Waals surface area (Å²) >= 11 is 9.49. The van der Waals surface area contributed by atoms with E-state index in [1.165, 1.54) is 56.4 Å². The molecule has 8 heterocycles. The Kier molecular flexibility index (Phi) is 13.2. The van der Waals surface area contributed by atoms with Gasteiger partial charge >= 0.3 is 0 Å². The van der Waals surface area contributed by atoms with Gasteiger partial charge in [0, 0.05) is 82.7 Å². The highest BCUT2D eigenvalue weighted by Gasteiger charge is 2.26. The van der Waals surface area contributed by atoms with Crippen molar-refractivity contribution < 1.29 is 0 Å². The smallest absolute Gasteiger partial charge is 0.0922 e. The lowest BCUT2D eigenvalue weighted by Gasteiger charge is -2.24. The van der Waals surface area contributed by atoms with Gasteiger partial charge in [-0.05, 0) is 103 Å². The molecular formula is C49H52BrClN12. The number of rotatable bonds is 8. The highest BCUT2D eigenvalue weighted by atomic mass is 79.9. The first kappa shape index (κ1) is 42.0. The van der Waals surface area contributed by atoms with Crippen LogP contribution in [0.5, 0.6) is 0 Å². The van der Waals surface area contributed by atoms with Crippen molar-refractivity contribution in [3.05, 3.63) is 190 Å². The highest BCUT2D eigenvalue weighted by molar-refractivity contribution is 9.10. The lowest BCUT2D eigenvalue weighted by Crippen LogP contribution is -2.28. The monoisotopic (exact) mass is 922 g/mol. The van der Waals surface area contributed by atoms with Crippen LogP contribution < -0.4 is 19.6 Å². The van der Waals surface area contributed by atoms with Crippen molar-refractivity contribution in [2.75, 3.05) is 39.2 Å². The number of benzene rings is 4. The summed E-state index contributed by atoms with van der Waals surface area (Å²) in [6.07, 6.45) is 19.0. The van der Waals surface area contributed by atoms with Crippen LogP contribution in [0.3, 0.4) is 0 Å². The van der Waals surface area contributed by atoms with Gasteiger partial charge in [-0.25, -0.2) is 19.9 Å². The van der Waals surface area contributed by atoms with Crippen LogP contribution in [0.25, 0.3) is 0 Å². The van der Waals surface area contributed by atoms with E-state index in [9.17, 15) is 0 Å². The van der Waals surface area contributed by atoms with Crippen molar-refractivity contribution in [2.24, 2.45) is 0 Å². The van der Waals surface area contributed by atoms with E-state index >= 15 is 0 Å². The maximum absolute atomic E-state index is 5.98. The second-order valence-electron chi connectivity index (χ2n) is 16.3. The molecule has 4 aromatic carbocycles. The van der Waals surface area contributed by atoms with Gasteiger partial charge in [-0.15, -0.1) is 0 Å². The van der Waals surface area contributed by atoms with E-state index < -0.39 is 0 Å². The first-order chi connectivity index (χ1) is 30.9. The SMILES string of the molecule is Brc1ccc2c(c1)CCN2Cc1cnc[nH]1.CC1Cc2ccccc2N1Cc1cnc[nH]1.Clc1ccc2c(c1)CCN2Cc1cnc[nH]1.c1ccc2c(c1)CCN2Cc1cnc[nH]1. The molecule has 8 aromatic rings. The first-order valence-electron chi connectivity index (χ1n) is 21.6. The van der Waals surface area contributed by atoms with Crippen molar-refractivity contribution in [1.82, 2.24) is 39.9 Å². The molecule has 0 fully saturated rings. The third kappa shape index (κ3) is 10.3. The summed E-state index contributed by atoms with van der Waals surface area (Å²) in [6.45, 7) is 9.16. The van der Waals surface area contributed by atoms with Crippen LogP contribution in [-0.4, -0.2) is 65.5 Å². The van der Waals surface area contributed by atoms with Crippen molar-refractivity contribution in [3.63, 3.8) is 0 Å². The molecule has 1 unspecified atom stereocenters. The van der Waals surface area contributed by atoms with Crippen LogP contribution in [0.15, 0.2) is 139 Å². The standard InChI is InChI=1S/C13H15N3.C12H12BrN3.C12H12ClN3.C12H13N3/c1-10-6-11-4-2-3-5-13(11)16(10)8-12-7-14-9-15-12;2*13-10-1-2-12-9(5-10)3-4-16(12)7-11-6-14-8-15-11;1-2-4-12-10(3-1)5-6-15(12)8-11-7-13-9-14-11/h2-5,7,9-10H,6,8H2,1H3,(H,14,15);2*1-2,5-6,8H,3-4,7H2,(H,14,15);1-4,7,9H,5-6,8H2,(H,13,14). The average Bonchev–Trinajstić information content (AvgIpc) is 4.16. The Morgan fingerprint density at radius 2 is 0.968 bits per heavy atom. The molecule has 0 saturated heterocycles. The summed E-state index contributed by atoms with van der Waals surface area (Å²) in [7, 11) is 0. The molecule has 1 atom stereocenters. The molecule has 12 nitrogen and oxygen atoms in total. The Bertz CT molecular complexity index is 2550. The van der Waals surface area contributed by atoms with Gasteiger partial charge in [0.25, 0.3) is 0 Å². The maximum atomic E-state index is 5.98. The predicted octanol–water partition coefficient (Wildman–Crippen LogP) is 9.69. The Morgan fingerprint density at radius 3 is 1.51 bits per heavy atom. The second kappa shape index (κ2) is 19.8. The van der Waals surface area contributed by atoms with Crippen molar-refractivity contribution >= 4 is 50.3 Å². The number of aromatic nitrogens is 8. The van der Waals surface area contributed by atoms with E-state index in [1.54, 1.807) is 25.3 Å². The van der Waals surface area contributed by atoms with Crippen LogP contribution in [-0.2, 0) is 51.9 Å². The van der Waals surface area contributed by atoms with Crippen molar-refractivity contribution in [1.29, 1.82) is 0 Å². The minimum Gasteiger partial charge on any atom is -0.365 e. The number of H-pyrrole nitrogens is 4. The lowest BCUT2D eigenvalue weighted by molar-refractivity contribution is 0.666. The zero-order valence-corrected chi connectivity index (χ0v) is 37.7. The summed E-state index contributed by atoms with van der Waals surface area (Å²) in [5.41, 5.74) is 15.7. The van der Waals surface area contributed by atoms with Crippen molar-refractivity contribution in [3.8, 4) is 0 Å². The lowest BCUT2D eigenvalue weighted by atomic mass is 10.1. The Hall–Kier alpha value is -6.31. The van der Waals surface area contributed by atoms with Gasteiger partial charge in [0.15, 0.2) is 0 Å². The number of para-hydroxylation sites is 2. The maximum Gasteiger partial charge on any atom is 0.0922 e. The van der Waals surface area contributed by atoms with Gasteiger partial charge in [0.2, 0.25) is 0 Å². The molecule has 0 bridgehead atoms. The van der Waals surface area contributed by atoms with E-state index in [0.717, 1.165) is 92.4 Å². The Morgan fingerprint density at radius 1 is 0.524 bits per heavy atom. The molecule has 0 spiro atoms. The molecule has 0 radical (unpaired) electrons. The highest BCUT2D eigenvalue weighted by Crippen LogP contribution is 2.34. The molecule has 322 valence electrons. The fraction of sp³-hybridized carbons (Fsp3) is 0.265. The van der Waals surface area contributed by atoms with Crippen LogP contribution in [0.4, 0.5) is 22.7 Å². The summed E-state index contributed by atoms with van der Waals surface area (Å²) in [4.78, 5) is 38.3. The van der Waals surface area contributed by atoms with Gasteiger partial charge in [-0.1, -0.05) is 63.9 Å². The number of aromatic amines is 4. The fourth-order valence-electron chi connectivity index (χ4n) is 8.93. The molecule has 0 amide bonds. The molecule has 12 rings (SSSR count). The molecule has 63 heavy (non-hydrogen) atoms. The van der Waals surface area contributed by atoms with Crippen LogP contribution in [0, 0.1) is 0 Å². The van der Waals surface area contributed by atoms with E-state index in [0.29, 0.717) is 6.04 Å². The zero-order valence-electron chi connectivity index (χ0n) is 35.4. The van der Waals surface area contributed by atoms with Crippen LogP contribution >= 0.6 is 27.5 Å². The minimum atomic E-state index is 0.570. The summed E-state index contributed by atoms with van der Waals surface area (Å²) < 4.78 is 1.16. The summed E-state index contributed by atoms with van der Waals surface area (Å²) in [5.74, 6) is 0. The average molecular weight is 924 g/mol. The minimum absolute atomic E-state index is 0.570. The number of imidazole rings is 4. The number of nitrogens with one attached hydrogen (secondary N) is 4. The topological polar surface area (TPSA) is 128 Å². The zero-order chi connectivity index (χ0) is 43.0. The van der Waals surface area contributed by atoms with E-state index in [-0.39, 0.29) is 0 Å². The van der Waals surface area contributed by atoms with E-state index in [2.05, 4.69) is 161 Å².